The third-order valence-electron chi connectivity index (χ3n) is 4.03. The van der Waals surface area contributed by atoms with Crippen molar-refractivity contribution in [2.45, 2.75) is 19.3 Å². The minimum atomic E-state index is -0.778. The maximum Gasteiger partial charge on any atom is 0.334 e. The topological polar surface area (TPSA) is 52.6 Å². The lowest BCUT2D eigenvalue weighted by molar-refractivity contribution is -0.150. The zero-order valence-electron chi connectivity index (χ0n) is 9.62. The van der Waals surface area contributed by atoms with Gasteiger partial charge in [0, 0.05) is 5.57 Å². The molecule has 0 aromatic heterocycles. The van der Waals surface area contributed by atoms with Crippen LogP contribution in [0.15, 0.2) is 12.2 Å². The van der Waals surface area contributed by atoms with Crippen molar-refractivity contribution < 1.29 is 19.1 Å². The third kappa shape index (κ3) is 1.16. The smallest absolute Gasteiger partial charge is 0.334 e. The van der Waals surface area contributed by atoms with Gasteiger partial charge in [0.1, 0.15) is 5.41 Å². The van der Waals surface area contributed by atoms with Crippen molar-refractivity contribution >= 4 is 11.9 Å². The molecule has 2 rings (SSSR count). The monoisotopic (exact) mass is 224 g/mol. The van der Waals surface area contributed by atoms with E-state index in [1.807, 2.05) is 0 Å². The minimum absolute atomic E-state index is 0.228. The molecule has 3 atom stereocenters. The number of esters is 2. The van der Waals surface area contributed by atoms with Crippen LogP contribution in [0.5, 0.6) is 0 Å². The van der Waals surface area contributed by atoms with Crippen LogP contribution < -0.4 is 0 Å². The van der Waals surface area contributed by atoms with Gasteiger partial charge in [0.2, 0.25) is 0 Å². The predicted octanol–water partition coefficient (Wildman–Crippen LogP) is 1.30. The Morgan fingerprint density at radius 1 is 1.19 bits per heavy atom. The molecule has 0 aromatic rings. The third-order valence-corrected chi connectivity index (χ3v) is 4.03. The Hall–Kier alpha value is -1.32. The van der Waals surface area contributed by atoms with Crippen LogP contribution in [0.1, 0.15) is 19.3 Å². The second kappa shape index (κ2) is 3.61. The SMILES string of the molecule is C=C(C(=O)OC)C1(C(=O)OC)[C@@H]2CCC[C@@H]21. The Bertz CT molecular complexity index is 348. The number of hydrogen-bond donors (Lipinski definition) is 0. The van der Waals surface area contributed by atoms with E-state index in [4.69, 9.17) is 4.74 Å². The van der Waals surface area contributed by atoms with E-state index >= 15 is 0 Å². The van der Waals surface area contributed by atoms with Crippen molar-refractivity contribution in [3.8, 4) is 0 Å². The second-order valence-electron chi connectivity index (χ2n) is 4.47. The van der Waals surface area contributed by atoms with Crippen LogP contribution in [0, 0.1) is 17.3 Å². The van der Waals surface area contributed by atoms with Crippen molar-refractivity contribution in [1.82, 2.24) is 0 Å². The van der Waals surface area contributed by atoms with E-state index < -0.39 is 11.4 Å². The number of hydrogen-bond acceptors (Lipinski definition) is 4. The highest BCUT2D eigenvalue weighted by atomic mass is 16.5. The molecular weight excluding hydrogens is 208 g/mol. The number of methoxy groups -OCH3 is 2. The van der Waals surface area contributed by atoms with Gasteiger partial charge in [-0.1, -0.05) is 13.0 Å². The average molecular weight is 224 g/mol. The van der Waals surface area contributed by atoms with Gasteiger partial charge in [-0.05, 0) is 24.7 Å². The number of rotatable bonds is 3. The second-order valence-corrected chi connectivity index (χ2v) is 4.47. The Morgan fingerprint density at radius 3 is 2.19 bits per heavy atom. The lowest BCUT2D eigenvalue weighted by Crippen LogP contribution is -2.29. The minimum Gasteiger partial charge on any atom is -0.468 e. The summed E-state index contributed by atoms with van der Waals surface area (Å²) in [5.74, 6) is -0.379. The summed E-state index contributed by atoms with van der Waals surface area (Å²) in [7, 11) is 2.65. The summed E-state index contributed by atoms with van der Waals surface area (Å²) in [6.07, 6.45) is 3.05. The van der Waals surface area contributed by atoms with Gasteiger partial charge in [-0.25, -0.2) is 4.79 Å². The van der Waals surface area contributed by atoms with Gasteiger partial charge in [0.05, 0.1) is 14.2 Å². The van der Waals surface area contributed by atoms with E-state index in [0.717, 1.165) is 19.3 Å². The number of carbonyl (C=O) groups excluding carboxylic acids is 2. The molecule has 4 heteroatoms. The average Bonchev–Trinajstić information content (AvgIpc) is 2.70. The fourth-order valence-electron chi connectivity index (χ4n) is 3.29. The van der Waals surface area contributed by atoms with Crippen molar-refractivity contribution in [3.05, 3.63) is 12.2 Å². The fourth-order valence-corrected chi connectivity index (χ4v) is 3.29. The van der Waals surface area contributed by atoms with E-state index in [-0.39, 0.29) is 23.4 Å². The van der Waals surface area contributed by atoms with Crippen LogP contribution in [0.2, 0.25) is 0 Å². The molecule has 2 aliphatic rings. The van der Waals surface area contributed by atoms with Crippen LogP contribution in [-0.4, -0.2) is 26.2 Å². The van der Waals surface area contributed by atoms with Crippen LogP contribution in [0.3, 0.4) is 0 Å². The normalized spacial score (nSPS) is 35.1. The van der Waals surface area contributed by atoms with Gasteiger partial charge >= 0.3 is 11.9 Å². The quantitative estimate of drug-likeness (QED) is 0.535. The van der Waals surface area contributed by atoms with Crippen LogP contribution in [0.25, 0.3) is 0 Å². The van der Waals surface area contributed by atoms with E-state index in [1.165, 1.54) is 14.2 Å². The number of ether oxygens (including phenoxy) is 2. The molecule has 88 valence electrons. The van der Waals surface area contributed by atoms with E-state index in [9.17, 15) is 9.59 Å². The summed E-state index contributed by atoms with van der Waals surface area (Å²) in [6.45, 7) is 3.74. The summed E-state index contributed by atoms with van der Waals surface area (Å²) in [4.78, 5) is 23.4. The molecule has 2 fully saturated rings. The van der Waals surface area contributed by atoms with Crippen molar-refractivity contribution in [2.75, 3.05) is 14.2 Å². The molecule has 0 amide bonds. The first-order chi connectivity index (χ1) is 7.60. The van der Waals surface area contributed by atoms with Crippen molar-refractivity contribution in [3.63, 3.8) is 0 Å². The Labute approximate surface area is 94.6 Å². The van der Waals surface area contributed by atoms with Gasteiger partial charge in [-0.3, -0.25) is 4.79 Å². The summed E-state index contributed by atoms with van der Waals surface area (Å²) >= 11 is 0. The summed E-state index contributed by atoms with van der Waals surface area (Å²) in [5, 5.41) is 0. The van der Waals surface area contributed by atoms with Gasteiger partial charge < -0.3 is 9.47 Å². The summed E-state index contributed by atoms with van der Waals surface area (Å²) < 4.78 is 9.47. The van der Waals surface area contributed by atoms with Crippen LogP contribution in [0.4, 0.5) is 0 Å². The van der Waals surface area contributed by atoms with Gasteiger partial charge in [0.25, 0.3) is 0 Å². The molecule has 2 aliphatic carbocycles. The molecule has 2 saturated carbocycles. The highest BCUT2D eigenvalue weighted by molar-refractivity contribution is 6.00. The van der Waals surface area contributed by atoms with Crippen molar-refractivity contribution in [2.24, 2.45) is 17.3 Å². The van der Waals surface area contributed by atoms with E-state index in [1.54, 1.807) is 0 Å². The first-order valence-corrected chi connectivity index (χ1v) is 5.46. The highest BCUT2D eigenvalue weighted by Crippen LogP contribution is 2.70. The lowest BCUT2D eigenvalue weighted by Gasteiger charge is -2.19. The molecule has 0 heterocycles. The van der Waals surface area contributed by atoms with Crippen LogP contribution >= 0.6 is 0 Å². The van der Waals surface area contributed by atoms with E-state index in [2.05, 4.69) is 11.3 Å². The maximum absolute atomic E-state index is 11.9. The van der Waals surface area contributed by atoms with Gasteiger partial charge in [0.15, 0.2) is 0 Å². The predicted molar refractivity (Wildman–Crippen MR) is 56.4 cm³/mol. The summed E-state index contributed by atoms with van der Waals surface area (Å²) in [6, 6.07) is 0. The molecule has 16 heavy (non-hydrogen) atoms. The molecule has 0 aromatic carbocycles. The Morgan fingerprint density at radius 2 is 1.75 bits per heavy atom. The Balaban J connectivity index is 2.28. The van der Waals surface area contributed by atoms with Gasteiger partial charge in [-0.15, -0.1) is 0 Å². The molecule has 0 saturated heterocycles. The molecule has 0 N–H and O–H groups in total. The molecular formula is C12H16O4. The number of fused-ring (bicyclic) bond motifs is 1. The maximum atomic E-state index is 11.9. The van der Waals surface area contributed by atoms with Gasteiger partial charge in [-0.2, -0.15) is 0 Å². The standard InChI is InChI=1S/C12H16O4/c1-7(10(13)15-2)12(11(14)16-3)8-5-4-6-9(8)12/h8-9H,1,4-6H2,2-3H3/t8-,9+,12?. The highest BCUT2D eigenvalue weighted by Gasteiger charge is 2.74. The largest absolute Gasteiger partial charge is 0.468 e. The fraction of sp³-hybridized carbons (Fsp3) is 0.667. The molecule has 0 spiro atoms. The Kier molecular flexibility index (Phi) is 2.52. The van der Waals surface area contributed by atoms with E-state index in [0.29, 0.717) is 0 Å². The lowest BCUT2D eigenvalue weighted by atomic mass is 9.88. The molecule has 0 radical (unpaired) electrons. The zero-order chi connectivity index (χ0) is 11.9. The summed E-state index contributed by atoms with van der Waals surface area (Å²) in [5.41, 5.74) is -0.517. The molecule has 0 aliphatic heterocycles. The zero-order valence-corrected chi connectivity index (χ0v) is 9.62. The van der Waals surface area contributed by atoms with Crippen molar-refractivity contribution in [1.29, 1.82) is 0 Å². The molecule has 0 bridgehead atoms. The van der Waals surface area contributed by atoms with Crippen LogP contribution in [-0.2, 0) is 19.1 Å². The first kappa shape index (κ1) is 11.2. The molecule has 1 unspecified atom stereocenters. The number of carbonyl (C=O) groups is 2. The molecule has 4 nitrogen and oxygen atoms in total. The first-order valence-electron chi connectivity index (χ1n) is 5.46.